The van der Waals surface area contributed by atoms with Crippen molar-refractivity contribution in [3.8, 4) is 0 Å². The van der Waals surface area contributed by atoms with Crippen molar-refractivity contribution in [2.24, 2.45) is 5.92 Å². The minimum absolute atomic E-state index is 0.00868. The molecule has 38 heavy (non-hydrogen) atoms. The summed E-state index contributed by atoms with van der Waals surface area (Å²) in [7, 11) is 0. The summed E-state index contributed by atoms with van der Waals surface area (Å²) < 4.78 is 47.1. The highest BCUT2D eigenvalue weighted by Crippen LogP contribution is 2.40. The maximum atomic E-state index is 13.9. The molecule has 1 saturated heterocycles. The van der Waals surface area contributed by atoms with E-state index in [1.165, 1.54) is 23.1 Å². The lowest BCUT2D eigenvalue weighted by Crippen LogP contribution is -2.57. The number of nitrogens with one attached hydrogen (secondary N) is 1. The van der Waals surface area contributed by atoms with E-state index in [0.717, 1.165) is 25.3 Å². The molecule has 4 rings (SSSR count). The first-order valence-corrected chi connectivity index (χ1v) is 13.2. The maximum absolute atomic E-state index is 13.9. The second-order valence-corrected chi connectivity index (χ2v) is 10.0. The molecule has 0 bridgehead atoms. The molecule has 3 amide bonds. The van der Waals surface area contributed by atoms with E-state index in [2.05, 4.69) is 5.32 Å². The Labute approximate surface area is 220 Å². The zero-order chi connectivity index (χ0) is 27.6. The second kappa shape index (κ2) is 11.3. The third-order valence-corrected chi connectivity index (χ3v) is 7.65. The molecule has 0 aromatic heterocycles. The van der Waals surface area contributed by atoms with Gasteiger partial charge in [0.2, 0.25) is 5.91 Å². The van der Waals surface area contributed by atoms with Crippen molar-refractivity contribution in [3.63, 3.8) is 0 Å². The monoisotopic (exact) mass is 536 g/mol. The van der Waals surface area contributed by atoms with Crippen LogP contribution in [0.3, 0.4) is 0 Å². The molecule has 0 radical (unpaired) electrons. The number of urea groups is 1. The van der Waals surface area contributed by atoms with E-state index in [-0.39, 0.29) is 48.7 Å². The summed E-state index contributed by atoms with van der Waals surface area (Å²) in [5.41, 5.74) is -0.824. The highest BCUT2D eigenvalue weighted by Gasteiger charge is 2.43. The van der Waals surface area contributed by atoms with Crippen molar-refractivity contribution in [1.29, 1.82) is 0 Å². The van der Waals surface area contributed by atoms with Gasteiger partial charge >= 0.3 is 18.2 Å². The number of hydrogen-bond donors (Lipinski definition) is 1. The number of nitrogens with zero attached hydrogens (tertiary/aromatic N) is 3. The number of hydrogen-bond acceptors (Lipinski definition) is 5. The molecule has 8 nitrogen and oxygen atoms in total. The normalized spacial score (nSPS) is 23.3. The zero-order valence-corrected chi connectivity index (χ0v) is 22.0. The van der Waals surface area contributed by atoms with Gasteiger partial charge in [0.15, 0.2) is 0 Å². The average molecular weight is 537 g/mol. The van der Waals surface area contributed by atoms with Crippen LogP contribution in [0.1, 0.15) is 57.2 Å². The molecular formula is C27H35F3N4O4. The van der Waals surface area contributed by atoms with Crippen LogP contribution in [0, 0.1) is 5.92 Å². The van der Waals surface area contributed by atoms with Gasteiger partial charge in [-0.1, -0.05) is 24.6 Å². The summed E-state index contributed by atoms with van der Waals surface area (Å²) in [5.74, 6) is -0.505. The zero-order valence-electron chi connectivity index (χ0n) is 22.0. The number of ether oxygens (including phenoxy) is 1. The Morgan fingerprint density at radius 2 is 1.84 bits per heavy atom. The van der Waals surface area contributed by atoms with Crippen molar-refractivity contribution < 1.29 is 32.3 Å². The summed E-state index contributed by atoms with van der Waals surface area (Å²) in [5, 5.41) is 2.62. The van der Waals surface area contributed by atoms with Crippen LogP contribution in [0.15, 0.2) is 35.5 Å². The number of carbonyl (C=O) groups is 3. The van der Waals surface area contributed by atoms with Crippen LogP contribution >= 0.6 is 0 Å². The Morgan fingerprint density at radius 3 is 2.42 bits per heavy atom. The van der Waals surface area contributed by atoms with Gasteiger partial charge in [-0.15, -0.1) is 0 Å². The van der Waals surface area contributed by atoms with Crippen LogP contribution in [0.25, 0.3) is 0 Å². The van der Waals surface area contributed by atoms with Crippen molar-refractivity contribution in [1.82, 2.24) is 20.0 Å². The van der Waals surface area contributed by atoms with Crippen LogP contribution in [0.5, 0.6) is 0 Å². The number of halogens is 3. The predicted octanol–water partition coefficient (Wildman–Crippen LogP) is 3.94. The molecule has 2 fully saturated rings. The van der Waals surface area contributed by atoms with Gasteiger partial charge in [0.1, 0.15) is 0 Å². The highest BCUT2D eigenvalue weighted by molar-refractivity contribution is 5.95. The summed E-state index contributed by atoms with van der Waals surface area (Å²) in [6, 6.07) is 2.97. The van der Waals surface area contributed by atoms with E-state index in [1.54, 1.807) is 13.8 Å². The fourth-order valence-electron chi connectivity index (χ4n) is 5.50. The summed E-state index contributed by atoms with van der Waals surface area (Å²) >= 11 is 0. The molecular weight excluding hydrogens is 501 g/mol. The fraction of sp³-hybridized carbons (Fsp3) is 0.593. The van der Waals surface area contributed by atoms with Crippen molar-refractivity contribution >= 4 is 17.9 Å². The molecule has 2 aliphatic heterocycles. The van der Waals surface area contributed by atoms with Gasteiger partial charge in [-0.05, 0) is 45.2 Å². The Balaban J connectivity index is 1.70. The number of piperazine rings is 1. The minimum Gasteiger partial charge on any atom is -0.463 e. The van der Waals surface area contributed by atoms with Crippen molar-refractivity contribution in [2.75, 3.05) is 39.3 Å². The van der Waals surface area contributed by atoms with E-state index >= 15 is 0 Å². The lowest BCUT2D eigenvalue weighted by molar-refractivity contribution is -0.142. The number of carbonyl (C=O) groups excluding carboxylic acids is 3. The Morgan fingerprint density at radius 1 is 1.13 bits per heavy atom. The number of amides is 3. The van der Waals surface area contributed by atoms with E-state index < -0.39 is 29.8 Å². The van der Waals surface area contributed by atoms with Crippen molar-refractivity contribution in [3.05, 3.63) is 46.7 Å². The van der Waals surface area contributed by atoms with Gasteiger partial charge in [0.05, 0.1) is 23.8 Å². The first-order valence-electron chi connectivity index (χ1n) is 13.2. The van der Waals surface area contributed by atoms with Gasteiger partial charge in [0, 0.05) is 50.4 Å². The lowest BCUT2D eigenvalue weighted by atomic mass is 9.84. The summed E-state index contributed by atoms with van der Waals surface area (Å²) in [4.78, 5) is 44.6. The SMILES string of the molecule is CCOC(=O)C1=C(CN2CCN(C(=O)C3CCC3)C(C)C2)N(CC)C(=O)NC1c1ccccc1C(F)(F)F. The molecule has 2 heterocycles. The number of likely N-dealkylation sites (N-methyl/N-ethyl adjacent to an activating group) is 1. The third-order valence-electron chi connectivity index (χ3n) is 7.65. The van der Waals surface area contributed by atoms with E-state index in [4.69, 9.17) is 4.74 Å². The molecule has 1 aliphatic carbocycles. The predicted molar refractivity (Wildman–Crippen MR) is 134 cm³/mol. The second-order valence-electron chi connectivity index (χ2n) is 10.0. The van der Waals surface area contributed by atoms with E-state index in [9.17, 15) is 27.6 Å². The largest absolute Gasteiger partial charge is 0.463 e. The molecule has 208 valence electrons. The molecule has 2 atom stereocenters. The maximum Gasteiger partial charge on any atom is 0.416 e. The Kier molecular flexibility index (Phi) is 8.34. The van der Waals surface area contributed by atoms with Gasteiger partial charge in [-0.3, -0.25) is 14.6 Å². The Hall–Kier alpha value is -3.08. The molecule has 1 N–H and O–H groups in total. The van der Waals surface area contributed by atoms with E-state index in [1.807, 2.05) is 16.7 Å². The first-order chi connectivity index (χ1) is 18.1. The summed E-state index contributed by atoms with van der Waals surface area (Å²) in [6.45, 7) is 7.28. The van der Waals surface area contributed by atoms with Gasteiger partial charge in [-0.2, -0.15) is 13.2 Å². The number of benzene rings is 1. The lowest BCUT2D eigenvalue weighted by Gasteiger charge is -2.44. The van der Waals surface area contributed by atoms with Crippen LogP contribution in [0.4, 0.5) is 18.0 Å². The number of esters is 1. The topological polar surface area (TPSA) is 82.2 Å². The molecule has 1 aromatic carbocycles. The quantitative estimate of drug-likeness (QED) is 0.534. The smallest absolute Gasteiger partial charge is 0.416 e. The molecule has 11 heteroatoms. The van der Waals surface area contributed by atoms with Crippen LogP contribution in [-0.2, 0) is 20.5 Å². The van der Waals surface area contributed by atoms with Gasteiger partial charge in [0.25, 0.3) is 0 Å². The van der Waals surface area contributed by atoms with Gasteiger partial charge < -0.3 is 15.0 Å². The number of rotatable bonds is 7. The molecule has 0 spiro atoms. The van der Waals surface area contributed by atoms with Crippen LogP contribution in [-0.4, -0.2) is 78.0 Å². The van der Waals surface area contributed by atoms with Crippen molar-refractivity contribution in [2.45, 2.75) is 58.3 Å². The minimum atomic E-state index is -4.68. The molecule has 1 saturated carbocycles. The molecule has 3 aliphatic rings. The standard InChI is InChI=1S/C27H35F3N4O4/c1-4-33-21(16-32-13-14-34(17(3)15-32)24(35)18-9-8-10-18)22(25(36)38-5-2)23(31-26(33)37)19-11-6-7-12-20(19)27(28,29)30/h6-7,11-12,17-18,23H,4-5,8-10,13-16H2,1-3H3,(H,31,37). The summed E-state index contributed by atoms with van der Waals surface area (Å²) in [6.07, 6.45) is -1.77. The molecule has 2 unspecified atom stereocenters. The number of alkyl halides is 3. The third kappa shape index (κ3) is 5.52. The van der Waals surface area contributed by atoms with Gasteiger partial charge in [-0.25, -0.2) is 9.59 Å². The van der Waals surface area contributed by atoms with Crippen LogP contribution < -0.4 is 5.32 Å². The molecule has 1 aromatic rings. The fourth-order valence-corrected chi connectivity index (χ4v) is 5.50. The Bertz CT molecular complexity index is 1100. The first kappa shape index (κ1) is 27.9. The van der Waals surface area contributed by atoms with Crippen LogP contribution in [0.2, 0.25) is 0 Å². The van der Waals surface area contributed by atoms with E-state index in [0.29, 0.717) is 25.3 Å². The highest BCUT2D eigenvalue weighted by atomic mass is 19.4. The average Bonchev–Trinajstić information content (AvgIpc) is 2.82.